The summed E-state index contributed by atoms with van der Waals surface area (Å²) in [5.74, 6) is -0.00916. The molecule has 2 heterocycles. The van der Waals surface area contributed by atoms with Crippen molar-refractivity contribution in [3.63, 3.8) is 0 Å². The van der Waals surface area contributed by atoms with Crippen LogP contribution >= 0.6 is 0 Å². The first-order valence-corrected chi connectivity index (χ1v) is 8.17. The first-order chi connectivity index (χ1) is 11.2. The number of aryl methyl sites for hydroxylation is 1. The summed E-state index contributed by atoms with van der Waals surface area (Å²) in [4.78, 5) is 21.4. The van der Waals surface area contributed by atoms with Crippen LogP contribution < -0.4 is 0 Å². The van der Waals surface area contributed by atoms with Crippen LogP contribution in [0.2, 0.25) is 0 Å². The number of aromatic nitrogens is 2. The van der Waals surface area contributed by atoms with E-state index < -0.39 is 0 Å². The fourth-order valence-corrected chi connectivity index (χ4v) is 2.87. The maximum absolute atomic E-state index is 12.7. The number of ether oxygens (including phenoxy) is 1. The average molecular weight is 313 g/mol. The normalized spacial score (nSPS) is 17.3. The fraction of sp³-hybridized carbons (Fsp3) is 0.444. The third-order valence-corrected chi connectivity index (χ3v) is 4.25. The zero-order chi connectivity index (χ0) is 16.1. The zero-order valence-electron chi connectivity index (χ0n) is 13.5. The fourth-order valence-electron chi connectivity index (χ4n) is 2.87. The van der Waals surface area contributed by atoms with Crippen LogP contribution in [0.15, 0.2) is 36.8 Å². The molecule has 0 saturated carbocycles. The van der Waals surface area contributed by atoms with E-state index in [1.807, 2.05) is 4.90 Å². The Morgan fingerprint density at radius 3 is 2.87 bits per heavy atom. The van der Waals surface area contributed by atoms with Gasteiger partial charge in [-0.2, -0.15) is 0 Å². The Hall–Kier alpha value is -2.14. The van der Waals surface area contributed by atoms with E-state index in [0.717, 1.165) is 25.9 Å². The lowest BCUT2D eigenvalue weighted by molar-refractivity contribution is 0.0525. The Balaban J connectivity index is 1.66. The molecule has 1 amide bonds. The van der Waals surface area contributed by atoms with Crippen molar-refractivity contribution >= 4 is 5.91 Å². The Kier molecular flexibility index (Phi) is 5.08. The van der Waals surface area contributed by atoms with E-state index in [-0.39, 0.29) is 12.0 Å². The molecule has 5 nitrogen and oxygen atoms in total. The van der Waals surface area contributed by atoms with Crippen LogP contribution in [0.5, 0.6) is 0 Å². The maximum atomic E-state index is 12.7. The van der Waals surface area contributed by atoms with E-state index in [9.17, 15) is 4.79 Å². The predicted molar refractivity (Wildman–Crippen MR) is 88.3 cm³/mol. The monoisotopic (exact) mass is 313 g/mol. The van der Waals surface area contributed by atoms with Crippen LogP contribution in [-0.4, -0.2) is 46.6 Å². The third kappa shape index (κ3) is 4.20. The smallest absolute Gasteiger partial charge is 0.272 e. The topological polar surface area (TPSA) is 58.2 Å². The van der Waals surface area contributed by atoms with Crippen LogP contribution in [0.25, 0.3) is 0 Å². The number of carbonyl (C=O) groups is 1. The highest BCUT2D eigenvalue weighted by molar-refractivity contribution is 5.92. The lowest BCUT2D eigenvalue weighted by Crippen LogP contribution is -2.39. The van der Waals surface area contributed by atoms with Gasteiger partial charge in [-0.1, -0.05) is 29.8 Å². The number of benzene rings is 1. The lowest BCUT2D eigenvalue weighted by atomic mass is 10.1. The summed E-state index contributed by atoms with van der Waals surface area (Å²) in [6.07, 6.45) is 6.22. The highest BCUT2D eigenvalue weighted by Crippen LogP contribution is 2.15. The summed E-state index contributed by atoms with van der Waals surface area (Å²) in [6, 6.07) is 8.47. The van der Waals surface area contributed by atoms with Crippen LogP contribution in [0, 0.1) is 6.92 Å². The molecule has 23 heavy (non-hydrogen) atoms. The molecule has 1 fully saturated rings. The standard InChI is InChI=1S/C18H23N3O2/c1-14-4-6-15(7-5-14)8-9-21(12-16-3-2-10-23-16)18(22)17-11-19-13-20-17/h4-7,11,13,16H,2-3,8-10,12H2,1H3,(H,19,20). The van der Waals surface area contributed by atoms with Crippen molar-refractivity contribution in [1.82, 2.24) is 14.9 Å². The van der Waals surface area contributed by atoms with Crippen LogP contribution in [0.1, 0.15) is 34.5 Å². The van der Waals surface area contributed by atoms with Gasteiger partial charge in [0.25, 0.3) is 5.91 Å². The van der Waals surface area contributed by atoms with Crippen molar-refractivity contribution in [3.05, 3.63) is 53.6 Å². The second kappa shape index (κ2) is 7.42. The molecule has 1 unspecified atom stereocenters. The number of imidazole rings is 1. The van der Waals surface area contributed by atoms with Gasteiger partial charge < -0.3 is 14.6 Å². The third-order valence-electron chi connectivity index (χ3n) is 4.25. The molecule has 1 aliphatic heterocycles. The van der Waals surface area contributed by atoms with E-state index in [2.05, 4.69) is 41.2 Å². The molecule has 5 heteroatoms. The molecule has 0 aliphatic carbocycles. The van der Waals surface area contributed by atoms with Gasteiger partial charge in [0.15, 0.2) is 0 Å². The second-order valence-corrected chi connectivity index (χ2v) is 6.09. The number of carbonyl (C=O) groups excluding carboxylic acids is 1. The molecule has 1 N–H and O–H groups in total. The minimum atomic E-state index is -0.00916. The molecule has 1 aliphatic rings. The maximum Gasteiger partial charge on any atom is 0.272 e. The average Bonchev–Trinajstić information content (AvgIpc) is 3.26. The molecule has 1 saturated heterocycles. The van der Waals surface area contributed by atoms with E-state index in [4.69, 9.17) is 4.74 Å². The van der Waals surface area contributed by atoms with Crippen LogP contribution in [0.3, 0.4) is 0 Å². The van der Waals surface area contributed by atoms with Crippen LogP contribution in [-0.2, 0) is 11.2 Å². The van der Waals surface area contributed by atoms with Crippen molar-refractivity contribution in [1.29, 1.82) is 0 Å². The molecule has 1 atom stereocenters. The van der Waals surface area contributed by atoms with Crippen molar-refractivity contribution < 1.29 is 9.53 Å². The summed E-state index contributed by atoms with van der Waals surface area (Å²) in [6.45, 7) is 4.20. The zero-order valence-corrected chi connectivity index (χ0v) is 13.5. The van der Waals surface area contributed by atoms with E-state index >= 15 is 0 Å². The number of amides is 1. The van der Waals surface area contributed by atoms with Gasteiger partial charge in [-0.25, -0.2) is 4.98 Å². The Morgan fingerprint density at radius 2 is 2.22 bits per heavy atom. The molecule has 122 valence electrons. The van der Waals surface area contributed by atoms with Crippen molar-refractivity contribution in [3.8, 4) is 0 Å². The van der Waals surface area contributed by atoms with E-state index in [0.29, 0.717) is 18.8 Å². The summed E-state index contributed by atoms with van der Waals surface area (Å²) >= 11 is 0. The second-order valence-electron chi connectivity index (χ2n) is 6.09. The molecular weight excluding hydrogens is 290 g/mol. The van der Waals surface area contributed by atoms with Gasteiger partial charge in [0, 0.05) is 19.7 Å². The minimum absolute atomic E-state index is 0.00916. The molecule has 1 aromatic heterocycles. The van der Waals surface area contributed by atoms with Crippen molar-refractivity contribution in [2.75, 3.05) is 19.7 Å². The van der Waals surface area contributed by atoms with Crippen molar-refractivity contribution in [2.24, 2.45) is 0 Å². The molecule has 2 aromatic rings. The first kappa shape index (κ1) is 15.7. The summed E-state index contributed by atoms with van der Waals surface area (Å²) in [7, 11) is 0. The quantitative estimate of drug-likeness (QED) is 0.892. The number of aromatic amines is 1. The van der Waals surface area contributed by atoms with Crippen LogP contribution in [0.4, 0.5) is 0 Å². The molecule has 0 spiro atoms. The number of H-pyrrole nitrogens is 1. The molecule has 1 aromatic carbocycles. The highest BCUT2D eigenvalue weighted by Gasteiger charge is 2.23. The summed E-state index contributed by atoms with van der Waals surface area (Å²) < 4.78 is 5.70. The SMILES string of the molecule is Cc1ccc(CCN(CC2CCCO2)C(=O)c2cnc[nH]2)cc1. The largest absolute Gasteiger partial charge is 0.376 e. The minimum Gasteiger partial charge on any atom is -0.376 e. The Labute approximate surface area is 136 Å². The van der Waals surface area contributed by atoms with Gasteiger partial charge >= 0.3 is 0 Å². The Bertz CT molecular complexity index is 616. The van der Waals surface area contributed by atoms with Gasteiger partial charge in [-0.05, 0) is 31.7 Å². The number of nitrogens with zero attached hydrogens (tertiary/aromatic N) is 2. The first-order valence-electron chi connectivity index (χ1n) is 8.17. The van der Waals surface area contributed by atoms with Gasteiger partial charge in [0.05, 0.1) is 18.6 Å². The molecule has 0 bridgehead atoms. The predicted octanol–water partition coefficient (Wildman–Crippen LogP) is 2.58. The molecular formula is C18H23N3O2. The summed E-state index contributed by atoms with van der Waals surface area (Å²) in [5, 5.41) is 0. The van der Waals surface area contributed by atoms with Gasteiger partial charge in [-0.15, -0.1) is 0 Å². The number of hydrogen-bond acceptors (Lipinski definition) is 3. The molecule has 0 radical (unpaired) electrons. The highest BCUT2D eigenvalue weighted by atomic mass is 16.5. The van der Waals surface area contributed by atoms with Crippen molar-refractivity contribution in [2.45, 2.75) is 32.3 Å². The number of nitrogens with one attached hydrogen (secondary N) is 1. The number of rotatable bonds is 6. The van der Waals surface area contributed by atoms with E-state index in [1.165, 1.54) is 17.5 Å². The van der Waals surface area contributed by atoms with Gasteiger partial charge in [0.1, 0.15) is 5.69 Å². The number of hydrogen-bond donors (Lipinski definition) is 1. The van der Waals surface area contributed by atoms with Gasteiger partial charge in [0.2, 0.25) is 0 Å². The Morgan fingerprint density at radius 1 is 1.39 bits per heavy atom. The van der Waals surface area contributed by atoms with E-state index in [1.54, 1.807) is 6.20 Å². The molecule has 3 rings (SSSR count). The lowest BCUT2D eigenvalue weighted by Gasteiger charge is -2.25. The van der Waals surface area contributed by atoms with Gasteiger partial charge in [-0.3, -0.25) is 4.79 Å². The summed E-state index contributed by atoms with van der Waals surface area (Å²) in [5.41, 5.74) is 3.02.